The number of ether oxygens (including phenoxy) is 1. The van der Waals surface area contributed by atoms with E-state index < -0.39 is 11.4 Å². The first kappa shape index (κ1) is 19.2. The van der Waals surface area contributed by atoms with Gasteiger partial charge in [-0.3, -0.25) is 9.59 Å². The Balaban J connectivity index is 1.44. The van der Waals surface area contributed by atoms with Gasteiger partial charge in [-0.15, -0.1) is 0 Å². The maximum atomic E-state index is 12.1. The molecule has 5 aliphatic rings. The number of aliphatic carboxylic acids is 1. The predicted octanol–water partition coefficient (Wildman–Crippen LogP) is 3.87. The lowest BCUT2D eigenvalue weighted by Crippen LogP contribution is -2.47. The number of rotatable bonds is 4. The number of carboxylic acid groups (broad SMARTS) is 1. The van der Waals surface area contributed by atoms with Gasteiger partial charge >= 0.3 is 11.9 Å². The lowest BCUT2D eigenvalue weighted by molar-refractivity contribution is -0.395. The Kier molecular flexibility index (Phi) is 5.23. The fourth-order valence-electron chi connectivity index (χ4n) is 6.44. The summed E-state index contributed by atoms with van der Waals surface area (Å²) in [6, 6.07) is 0. The number of hydrogen-bond acceptors (Lipinski definition) is 5. The largest absolute Gasteiger partial charge is 0.481 e. The van der Waals surface area contributed by atoms with Gasteiger partial charge in [0.05, 0.1) is 18.1 Å². The fraction of sp³-hybridized carbons (Fsp3) is 0.905. The summed E-state index contributed by atoms with van der Waals surface area (Å²) < 4.78 is 5.09. The summed E-state index contributed by atoms with van der Waals surface area (Å²) in [5.41, 5.74) is -0.929. The van der Waals surface area contributed by atoms with Gasteiger partial charge in [-0.25, -0.2) is 9.78 Å². The highest BCUT2D eigenvalue weighted by Gasteiger charge is 2.55. The molecule has 4 unspecified atom stereocenters. The first-order chi connectivity index (χ1) is 12.9. The van der Waals surface area contributed by atoms with Crippen LogP contribution in [-0.2, 0) is 24.1 Å². The van der Waals surface area contributed by atoms with Crippen molar-refractivity contribution in [3.63, 3.8) is 0 Å². The molecule has 3 aliphatic carbocycles. The standard InChI is InChI=1S/C21H32O6/c1-2-25-18(22)9-14-3-5-21(6-4-14)12-16-7-15-8-17(26-27-21)13-20(10-15,11-16)19(23)24/h14-17H,2-13H2,1H3,(H,23,24). The molecule has 0 amide bonds. The molecule has 0 aromatic rings. The van der Waals surface area contributed by atoms with Crippen molar-refractivity contribution in [2.75, 3.05) is 6.61 Å². The zero-order valence-electron chi connectivity index (χ0n) is 16.3. The van der Waals surface area contributed by atoms with Gasteiger partial charge in [0, 0.05) is 6.42 Å². The van der Waals surface area contributed by atoms with E-state index in [1.807, 2.05) is 6.92 Å². The Morgan fingerprint density at radius 1 is 1.07 bits per heavy atom. The number of carbonyl (C=O) groups is 2. The quantitative estimate of drug-likeness (QED) is 0.589. The Hall–Kier alpha value is -1.14. The molecule has 2 aliphatic heterocycles. The van der Waals surface area contributed by atoms with E-state index in [9.17, 15) is 14.7 Å². The minimum Gasteiger partial charge on any atom is -0.481 e. The van der Waals surface area contributed by atoms with Crippen LogP contribution in [0.5, 0.6) is 0 Å². The Bertz CT molecular complexity index is 581. The van der Waals surface area contributed by atoms with Gasteiger partial charge in [-0.1, -0.05) is 0 Å². The number of hydrogen-bond donors (Lipinski definition) is 1. The van der Waals surface area contributed by atoms with Crippen LogP contribution in [0.15, 0.2) is 0 Å². The SMILES string of the molecule is CCOC(=O)CC1CCC2(CC1)CC1CC3CC(CC(C(=O)O)(C3)C1)OO2. The number of carboxylic acids is 1. The molecule has 0 aromatic carbocycles. The average molecular weight is 380 g/mol. The molecule has 4 bridgehead atoms. The number of esters is 1. The third-order valence-electron chi connectivity index (χ3n) is 7.49. The number of carbonyl (C=O) groups excluding carboxylic acids is 1. The fourth-order valence-corrected chi connectivity index (χ4v) is 6.44. The van der Waals surface area contributed by atoms with Crippen molar-refractivity contribution in [1.29, 1.82) is 0 Å². The third kappa shape index (κ3) is 3.88. The minimum absolute atomic E-state index is 0.104. The summed E-state index contributed by atoms with van der Waals surface area (Å²) >= 11 is 0. The van der Waals surface area contributed by atoms with Gasteiger partial charge in [-0.05, 0) is 88.9 Å². The summed E-state index contributed by atoms with van der Waals surface area (Å²) in [4.78, 5) is 35.8. The molecule has 6 nitrogen and oxygen atoms in total. The van der Waals surface area contributed by atoms with Crippen LogP contribution in [0.25, 0.3) is 0 Å². The van der Waals surface area contributed by atoms with Gasteiger partial charge in [0.15, 0.2) is 0 Å². The second-order valence-electron chi connectivity index (χ2n) is 9.54. The van der Waals surface area contributed by atoms with Crippen LogP contribution in [0.2, 0.25) is 0 Å². The van der Waals surface area contributed by atoms with Crippen molar-refractivity contribution in [3.8, 4) is 0 Å². The van der Waals surface area contributed by atoms with E-state index >= 15 is 0 Å². The van der Waals surface area contributed by atoms with Crippen LogP contribution >= 0.6 is 0 Å². The molecular weight excluding hydrogens is 348 g/mol. The van der Waals surface area contributed by atoms with Gasteiger partial charge < -0.3 is 9.84 Å². The highest BCUT2D eigenvalue weighted by atomic mass is 17.2. The molecule has 0 aromatic heterocycles. The molecular formula is C21H32O6. The molecule has 1 N–H and O–H groups in total. The van der Waals surface area contributed by atoms with Gasteiger partial charge in [0.25, 0.3) is 0 Å². The maximum absolute atomic E-state index is 12.1. The van der Waals surface area contributed by atoms with E-state index in [-0.39, 0.29) is 17.7 Å². The van der Waals surface area contributed by atoms with Crippen LogP contribution in [0.1, 0.15) is 77.6 Å². The summed E-state index contributed by atoms with van der Waals surface area (Å²) in [5.74, 6) is 0.426. The van der Waals surface area contributed by atoms with Crippen molar-refractivity contribution in [3.05, 3.63) is 0 Å². The van der Waals surface area contributed by atoms with Crippen molar-refractivity contribution in [1.82, 2.24) is 0 Å². The summed E-state index contributed by atoms with van der Waals surface area (Å²) in [5, 5.41) is 9.91. The second kappa shape index (κ2) is 7.36. The van der Waals surface area contributed by atoms with Crippen molar-refractivity contribution in [2.45, 2.75) is 89.3 Å². The van der Waals surface area contributed by atoms with Crippen LogP contribution in [0.4, 0.5) is 0 Å². The predicted molar refractivity (Wildman–Crippen MR) is 96.6 cm³/mol. The normalized spacial score (nSPS) is 43.7. The molecule has 3 saturated carbocycles. The Morgan fingerprint density at radius 3 is 2.52 bits per heavy atom. The van der Waals surface area contributed by atoms with Crippen LogP contribution in [0.3, 0.4) is 0 Å². The Morgan fingerprint density at radius 2 is 1.81 bits per heavy atom. The van der Waals surface area contributed by atoms with Crippen molar-refractivity contribution >= 4 is 11.9 Å². The number of fused-ring (bicyclic) bond motifs is 1. The molecule has 1 spiro atoms. The van der Waals surface area contributed by atoms with Gasteiger partial charge in [0.2, 0.25) is 0 Å². The first-order valence-electron chi connectivity index (χ1n) is 10.7. The van der Waals surface area contributed by atoms with Crippen molar-refractivity contribution < 1.29 is 29.2 Å². The topological polar surface area (TPSA) is 82.1 Å². The highest BCUT2D eigenvalue weighted by Crippen LogP contribution is 2.56. The Labute approximate surface area is 160 Å². The van der Waals surface area contributed by atoms with E-state index in [1.54, 1.807) is 0 Å². The van der Waals surface area contributed by atoms with E-state index in [0.29, 0.717) is 37.2 Å². The lowest BCUT2D eigenvalue weighted by atomic mass is 9.56. The molecule has 0 radical (unpaired) electrons. The molecule has 4 atom stereocenters. The zero-order chi connectivity index (χ0) is 19.1. The minimum atomic E-state index is -0.653. The summed E-state index contributed by atoms with van der Waals surface area (Å²) in [6.45, 7) is 2.27. The molecule has 152 valence electrons. The molecule has 2 heterocycles. The molecule has 27 heavy (non-hydrogen) atoms. The average Bonchev–Trinajstić information content (AvgIpc) is 2.68. The smallest absolute Gasteiger partial charge is 0.309 e. The van der Waals surface area contributed by atoms with Gasteiger partial charge in [-0.2, -0.15) is 0 Å². The molecule has 6 heteroatoms. The molecule has 5 fully saturated rings. The zero-order valence-corrected chi connectivity index (χ0v) is 16.3. The van der Waals surface area contributed by atoms with E-state index in [1.165, 1.54) is 0 Å². The van der Waals surface area contributed by atoms with Gasteiger partial charge in [0.1, 0.15) is 5.60 Å². The lowest BCUT2D eigenvalue weighted by Gasteiger charge is -2.47. The summed E-state index contributed by atoms with van der Waals surface area (Å²) in [6.07, 6.45) is 9.07. The second-order valence-corrected chi connectivity index (χ2v) is 9.54. The van der Waals surface area contributed by atoms with Crippen LogP contribution in [-0.4, -0.2) is 35.4 Å². The summed E-state index contributed by atoms with van der Waals surface area (Å²) in [7, 11) is 0. The van der Waals surface area contributed by atoms with E-state index in [2.05, 4.69) is 0 Å². The van der Waals surface area contributed by atoms with E-state index in [0.717, 1.165) is 57.8 Å². The van der Waals surface area contributed by atoms with Crippen molar-refractivity contribution in [2.24, 2.45) is 23.2 Å². The first-order valence-corrected chi connectivity index (χ1v) is 10.7. The highest BCUT2D eigenvalue weighted by molar-refractivity contribution is 5.75. The monoisotopic (exact) mass is 380 g/mol. The van der Waals surface area contributed by atoms with E-state index in [4.69, 9.17) is 14.5 Å². The van der Waals surface area contributed by atoms with Crippen LogP contribution < -0.4 is 0 Å². The molecule has 2 saturated heterocycles. The van der Waals surface area contributed by atoms with Crippen LogP contribution in [0, 0.1) is 23.2 Å². The molecule has 5 rings (SSSR count). The third-order valence-corrected chi connectivity index (χ3v) is 7.49. The maximum Gasteiger partial charge on any atom is 0.309 e.